The van der Waals surface area contributed by atoms with Crippen LogP contribution in [0.4, 0.5) is 11.6 Å². The lowest BCUT2D eigenvalue weighted by Crippen LogP contribution is -2.46. The Morgan fingerprint density at radius 2 is 1.50 bits per heavy atom. The lowest BCUT2D eigenvalue weighted by atomic mass is 9.99. The Morgan fingerprint density at radius 1 is 0.955 bits per heavy atom. The van der Waals surface area contributed by atoms with Gasteiger partial charge in [-0.3, -0.25) is 0 Å². The van der Waals surface area contributed by atoms with E-state index in [9.17, 15) is 0 Å². The molecule has 2 aliphatic heterocycles. The SMILES string of the molecule is CCN1CCN(c2cc(N3CCC(C)CC3)nc(C)n2)CC1. The van der Waals surface area contributed by atoms with Gasteiger partial charge in [-0.15, -0.1) is 0 Å². The third kappa shape index (κ3) is 3.51. The van der Waals surface area contributed by atoms with Crippen molar-refractivity contribution >= 4 is 11.6 Å². The van der Waals surface area contributed by atoms with E-state index in [4.69, 9.17) is 0 Å². The molecule has 0 unspecified atom stereocenters. The second-order valence-electron chi connectivity index (χ2n) is 6.72. The van der Waals surface area contributed by atoms with E-state index in [2.05, 4.69) is 44.6 Å². The van der Waals surface area contributed by atoms with Gasteiger partial charge in [0.25, 0.3) is 0 Å². The summed E-state index contributed by atoms with van der Waals surface area (Å²) in [6.45, 7) is 14.4. The molecular formula is C17H29N5. The second kappa shape index (κ2) is 6.82. The molecule has 2 saturated heterocycles. The Labute approximate surface area is 134 Å². The largest absolute Gasteiger partial charge is 0.356 e. The number of piperazine rings is 1. The topological polar surface area (TPSA) is 35.5 Å². The van der Waals surface area contributed by atoms with E-state index in [0.717, 1.165) is 69.2 Å². The van der Waals surface area contributed by atoms with Crippen molar-refractivity contribution in [3.05, 3.63) is 11.9 Å². The molecule has 0 radical (unpaired) electrons. The maximum absolute atomic E-state index is 4.69. The number of piperidine rings is 1. The van der Waals surface area contributed by atoms with Crippen LogP contribution in [0.1, 0.15) is 32.5 Å². The first-order valence-electron chi connectivity index (χ1n) is 8.73. The lowest BCUT2D eigenvalue weighted by molar-refractivity contribution is 0.270. The molecule has 0 atom stereocenters. The van der Waals surface area contributed by atoms with Crippen LogP contribution >= 0.6 is 0 Å². The van der Waals surface area contributed by atoms with Crippen LogP contribution in [0.25, 0.3) is 0 Å². The van der Waals surface area contributed by atoms with Gasteiger partial charge in [-0.05, 0) is 32.2 Å². The summed E-state index contributed by atoms with van der Waals surface area (Å²) in [5, 5.41) is 0. The van der Waals surface area contributed by atoms with Gasteiger partial charge in [0.1, 0.15) is 17.5 Å². The Bertz CT molecular complexity index is 488. The Balaban J connectivity index is 1.73. The summed E-state index contributed by atoms with van der Waals surface area (Å²) in [6, 6.07) is 2.20. The minimum Gasteiger partial charge on any atom is -0.356 e. The quantitative estimate of drug-likeness (QED) is 0.855. The standard InChI is InChI=1S/C17H29N5/c1-4-20-9-11-22(12-10-20)17-13-16(18-15(3)19-17)21-7-5-14(2)6-8-21/h13-14H,4-12H2,1-3H3. The van der Waals surface area contributed by atoms with Crippen molar-refractivity contribution in [2.75, 3.05) is 55.6 Å². The molecule has 0 spiro atoms. The highest BCUT2D eigenvalue weighted by atomic mass is 15.3. The Hall–Kier alpha value is -1.36. The maximum Gasteiger partial charge on any atom is 0.134 e. The Kier molecular flexibility index (Phi) is 4.81. The van der Waals surface area contributed by atoms with E-state index in [1.54, 1.807) is 0 Å². The van der Waals surface area contributed by atoms with Crippen LogP contribution in [0, 0.1) is 12.8 Å². The van der Waals surface area contributed by atoms with Gasteiger partial charge in [0.15, 0.2) is 0 Å². The predicted molar refractivity (Wildman–Crippen MR) is 91.7 cm³/mol. The second-order valence-corrected chi connectivity index (χ2v) is 6.72. The third-order valence-corrected chi connectivity index (χ3v) is 5.06. The molecule has 2 fully saturated rings. The van der Waals surface area contributed by atoms with Crippen LogP contribution in [0.15, 0.2) is 6.07 Å². The zero-order valence-corrected chi connectivity index (χ0v) is 14.3. The van der Waals surface area contributed by atoms with E-state index in [-0.39, 0.29) is 0 Å². The zero-order valence-electron chi connectivity index (χ0n) is 14.3. The fourth-order valence-corrected chi connectivity index (χ4v) is 3.39. The first-order chi connectivity index (χ1) is 10.7. The molecular weight excluding hydrogens is 274 g/mol. The number of rotatable bonds is 3. The molecule has 0 bridgehead atoms. The molecule has 3 rings (SSSR count). The molecule has 0 amide bonds. The predicted octanol–water partition coefficient (Wildman–Crippen LogP) is 2.16. The smallest absolute Gasteiger partial charge is 0.134 e. The van der Waals surface area contributed by atoms with Gasteiger partial charge < -0.3 is 14.7 Å². The van der Waals surface area contributed by atoms with Crippen molar-refractivity contribution in [3.63, 3.8) is 0 Å². The minimum absolute atomic E-state index is 0.848. The van der Waals surface area contributed by atoms with Crippen LogP contribution in [0.3, 0.4) is 0 Å². The number of nitrogens with zero attached hydrogens (tertiary/aromatic N) is 5. The van der Waals surface area contributed by atoms with Crippen LogP contribution < -0.4 is 9.80 Å². The molecule has 3 heterocycles. The summed E-state index contributed by atoms with van der Waals surface area (Å²) in [5.41, 5.74) is 0. The van der Waals surface area contributed by atoms with Crippen molar-refractivity contribution in [2.45, 2.75) is 33.6 Å². The first-order valence-corrected chi connectivity index (χ1v) is 8.73. The van der Waals surface area contributed by atoms with Crippen LogP contribution in [-0.2, 0) is 0 Å². The van der Waals surface area contributed by atoms with Crippen molar-refractivity contribution in [1.82, 2.24) is 14.9 Å². The first kappa shape index (κ1) is 15.5. The fourth-order valence-electron chi connectivity index (χ4n) is 3.39. The minimum atomic E-state index is 0.848. The molecule has 0 aliphatic carbocycles. The van der Waals surface area contributed by atoms with Crippen LogP contribution in [0.2, 0.25) is 0 Å². The van der Waals surface area contributed by atoms with Crippen molar-refractivity contribution in [3.8, 4) is 0 Å². The van der Waals surface area contributed by atoms with Gasteiger partial charge in [-0.2, -0.15) is 0 Å². The molecule has 122 valence electrons. The number of aromatic nitrogens is 2. The van der Waals surface area contributed by atoms with Gasteiger partial charge in [-0.1, -0.05) is 13.8 Å². The van der Waals surface area contributed by atoms with E-state index in [0.29, 0.717) is 0 Å². The number of likely N-dealkylation sites (N-methyl/N-ethyl adjacent to an activating group) is 1. The van der Waals surface area contributed by atoms with Crippen molar-refractivity contribution in [1.29, 1.82) is 0 Å². The molecule has 1 aromatic heterocycles. The fraction of sp³-hybridized carbons (Fsp3) is 0.765. The summed E-state index contributed by atoms with van der Waals surface area (Å²) in [4.78, 5) is 16.7. The van der Waals surface area contributed by atoms with Gasteiger partial charge in [0.05, 0.1) is 0 Å². The highest BCUT2D eigenvalue weighted by Gasteiger charge is 2.21. The van der Waals surface area contributed by atoms with Crippen LogP contribution in [0.5, 0.6) is 0 Å². The highest BCUT2D eigenvalue weighted by Crippen LogP contribution is 2.25. The zero-order chi connectivity index (χ0) is 15.5. The molecule has 22 heavy (non-hydrogen) atoms. The Morgan fingerprint density at radius 3 is 2.05 bits per heavy atom. The van der Waals surface area contributed by atoms with E-state index < -0.39 is 0 Å². The summed E-state index contributed by atoms with van der Waals surface area (Å²) in [6.07, 6.45) is 2.54. The molecule has 1 aromatic rings. The lowest BCUT2D eigenvalue weighted by Gasteiger charge is -2.36. The summed E-state index contributed by atoms with van der Waals surface area (Å²) < 4.78 is 0. The average Bonchev–Trinajstić information content (AvgIpc) is 2.55. The van der Waals surface area contributed by atoms with Crippen molar-refractivity contribution < 1.29 is 0 Å². The average molecular weight is 303 g/mol. The maximum atomic E-state index is 4.69. The summed E-state index contributed by atoms with van der Waals surface area (Å²) in [7, 11) is 0. The number of anilines is 2. The molecule has 2 aliphatic rings. The third-order valence-electron chi connectivity index (χ3n) is 5.06. The molecule has 0 saturated carbocycles. The number of hydrogen-bond donors (Lipinski definition) is 0. The van der Waals surface area contributed by atoms with Crippen molar-refractivity contribution in [2.24, 2.45) is 5.92 Å². The van der Waals surface area contributed by atoms with E-state index in [1.807, 2.05) is 6.92 Å². The highest BCUT2D eigenvalue weighted by molar-refractivity contribution is 5.51. The van der Waals surface area contributed by atoms with Crippen LogP contribution in [-0.4, -0.2) is 60.7 Å². The van der Waals surface area contributed by atoms with Gasteiger partial charge >= 0.3 is 0 Å². The van der Waals surface area contributed by atoms with Gasteiger partial charge in [0, 0.05) is 45.3 Å². The molecule has 0 N–H and O–H groups in total. The van der Waals surface area contributed by atoms with E-state index >= 15 is 0 Å². The molecule has 0 aromatic carbocycles. The number of hydrogen-bond acceptors (Lipinski definition) is 5. The number of aryl methyl sites for hydroxylation is 1. The van der Waals surface area contributed by atoms with E-state index in [1.165, 1.54) is 12.8 Å². The molecule has 5 nitrogen and oxygen atoms in total. The summed E-state index contributed by atoms with van der Waals surface area (Å²) in [5.74, 6) is 3.97. The van der Waals surface area contributed by atoms with Gasteiger partial charge in [-0.25, -0.2) is 9.97 Å². The monoisotopic (exact) mass is 303 g/mol. The van der Waals surface area contributed by atoms with Gasteiger partial charge in [0.2, 0.25) is 0 Å². The molecule has 5 heteroatoms. The normalized spacial score (nSPS) is 21.4. The summed E-state index contributed by atoms with van der Waals surface area (Å²) >= 11 is 0.